The highest BCUT2D eigenvalue weighted by Gasteiger charge is 2.29. The van der Waals surface area contributed by atoms with Gasteiger partial charge in [-0.05, 0) is 23.3 Å². The van der Waals surface area contributed by atoms with Crippen molar-refractivity contribution in [1.82, 2.24) is 0 Å². The van der Waals surface area contributed by atoms with E-state index in [1.54, 1.807) is 45.2 Å². The van der Waals surface area contributed by atoms with E-state index in [9.17, 15) is 10.5 Å². The Morgan fingerprint density at radius 2 is 1.56 bits per heavy atom. The first-order chi connectivity index (χ1) is 13.1. The van der Waals surface area contributed by atoms with E-state index in [-0.39, 0.29) is 11.3 Å². The number of anilines is 1. The predicted octanol–water partition coefficient (Wildman–Crippen LogP) is 3.49. The summed E-state index contributed by atoms with van der Waals surface area (Å²) in [5.41, 5.74) is 10.3. The molecule has 0 spiro atoms. The molecule has 2 aromatic rings. The molecule has 0 atom stereocenters. The molecule has 0 radical (unpaired) electrons. The molecular formula is C20H19N3O3S. The second-order valence-electron chi connectivity index (χ2n) is 5.93. The Hall–Kier alpha value is -3.03. The molecule has 138 valence electrons. The molecule has 0 saturated heterocycles. The Kier molecular flexibility index (Phi) is 5.34. The molecular weight excluding hydrogens is 362 g/mol. The van der Waals surface area contributed by atoms with Gasteiger partial charge in [0.2, 0.25) is 0 Å². The van der Waals surface area contributed by atoms with Crippen LogP contribution < -0.4 is 19.9 Å². The van der Waals surface area contributed by atoms with Crippen LogP contribution in [0.1, 0.15) is 22.3 Å². The fourth-order valence-electron chi connectivity index (χ4n) is 3.43. The summed E-state index contributed by atoms with van der Waals surface area (Å²) in [7, 11) is 4.67. The Morgan fingerprint density at radius 3 is 2.07 bits per heavy atom. The standard InChI is InChI=1S/C20H19N3O3S/c1-24-11-6-16(25-2)19(17(7-11)26-3)18-14(9-22)20(23)13(8-21)12-4-5-27-10-15(12)18/h6-7H,4-5,10,23H2,1-3H3. The predicted molar refractivity (Wildman–Crippen MR) is 105 cm³/mol. The number of benzene rings is 2. The maximum absolute atomic E-state index is 9.86. The van der Waals surface area contributed by atoms with Crippen molar-refractivity contribution in [3.8, 4) is 40.5 Å². The quantitative estimate of drug-likeness (QED) is 0.809. The number of methoxy groups -OCH3 is 3. The summed E-state index contributed by atoms with van der Waals surface area (Å²) >= 11 is 1.76. The molecule has 0 aliphatic carbocycles. The molecule has 0 saturated carbocycles. The van der Waals surface area contributed by atoms with Gasteiger partial charge in [-0.15, -0.1) is 0 Å². The minimum Gasteiger partial charge on any atom is -0.496 e. The summed E-state index contributed by atoms with van der Waals surface area (Å²) in [5, 5.41) is 19.5. The number of hydrogen-bond acceptors (Lipinski definition) is 7. The number of ether oxygens (including phenoxy) is 3. The van der Waals surface area contributed by atoms with E-state index in [0.717, 1.165) is 23.3 Å². The van der Waals surface area contributed by atoms with Crippen LogP contribution in [0.25, 0.3) is 11.1 Å². The van der Waals surface area contributed by atoms with Gasteiger partial charge in [-0.25, -0.2) is 0 Å². The Bertz CT molecular complexity index is 965. The highest BCUT2D eigenvalue weighted by atomic mass is 32.2. The highest BCUT2D eigenvalue weighted by molar-refractivity contribution is 7.98. The lowest BCUT2D eigenvalue weighted by atomic mass is 9.85. The van der Waals surface area contributed by atoms with Crippen LogP contribution >= 0.6 is 11.8 Å². The molecule has 3 rings (SSSR count). The average Bonchev–Trinajstić information content (AvgIpc) is 2.71. The summed E-state index contributed by atoms with van der Waals surface area (Å²) < 4.78 is 16.5. The minimum absolute atomic E-state index is 0.209. The zero-order valence-corrected chi connectivity index (χ0v) is 16.2. The monoisotopic (exact) mass is 381 g/mol. The summed E-state index contributed by atoms with van der Waals surface area (Å²) in [5.74, 6) is 3.21. The summed E-state index contributed by atoms with van der Waals surface area (Å²) in [6.07, 6.45) is 0.729. The van der Waals surface area contributed by atoms with Crippen molar-refractivity contribution in [3.63, 3.8) is 0 Å². The molecule has 7 heteroatoms. The molecule has 6 nitrogen and oxygen atoms in total. The van der Waals surface area contributed by atoms with Crippen molar-refractivity contribution in [3.05, 3.63) is 34.4 Å². The van der Waals surface area contributed by atoms with Crippen LogP contribution in [0.2, 0.25) is 0 Å². The van der Waals surface area contributed by atoms with Gasteiger partial charge in [-0.1, -0.05) is 0 Å². The maximum atomic E-state index is 9.86. The lowest BCUT2D eigenvalue weighted by Crippen LogP contribution is -2.12. The molecule has 27 heavy (non-hydrogen) atoms. The second kappa shape index (κ2) is 7.69. The van der Waals surface area contributed by atoms with Crippen LogP contribution in [0.5, 0.6) is 17.2 Å². The van der Waals surface area contributed by atoms with Crippen molar-refractivity contribution in [2.24, 2.45) is 0 Å². The van der Waals surface area contributed by atoms with Gasteiger partial charge in [0, 0.05) is 23.4 Å². The van der Waals surface area contributed by atoms with Gasteiger partial charge >= 0.3 is 0 Å². The van der Waals surface area contributed by atoms with Gasteiger partial charge in [-0.3, -0.25) is 0 Å². The number of fused-ring (bicyclic) bond motifs is 1. The maximum Gasteiger partial charge on any atom is 0.134 e. The first kappa shape index (κ1) is 18.8. The molecule has 1 aliphatic rings. The molecule has 2 N–H and O–H groups in total. The van der Waals surface area contributed by atoms with Gasteiger partial charge in [-0.2, -0.15) is 22.3 Å². The van der Waals surface area contributed by atoms with Crippen LogP contribution in [-0.2, 0) is 12.2 Å². The third kappa shape index (κ3) is 3.01. The first-order valence-corrected chi connectivity index (χ1v) is 9.42. The molecule has 0 amide bonds. The molecule has 0 aromatic heterocycles. The van der Waals surface area contributed by atoms with E-state index in [0.29, 0.717) is 39.7 Å². The van der Waals surface area contributed by atoms with Crippen LogP contribution in [0.3, 0.4) is 0 Å². The van der Waals surface area contributed by atoms with Gasteiger partial charge in [0.05, 0.1) is 43.7 Å². The third-order valence-electron chi connectivity index (χ3n) is 4.69. The Labute approximate surface area is 162 Å². The highest BCUT2D eigenvalue weighted by Crippen LogP contribution is 2.49. The smallest absolute Gasteiger partial charge is 0.134 e. The number of hydrogen-bond donors (Lipinski definition) is 1. The minimum atomic E-state index is 0.209. The van der Waals surface area contributed by atoms with Crippen LogP contribution in [0, 0.1) is 22.7 Å². The van der Waals surface area contributed by atoms with Crippen LogP contribution in [-0.4, -0.2) is 27.1 Å². The van der Waals surface area contributed by atoms with E-state index in [1.807, 2.05) is 0 Å². The summed E-state index contributed by atoms with van der Waals surface area (Å²) in [4.78, 5) is 0. The number of nitrogens with zero attached hydrogens (tertiary/aromatic N) is 2. The topological polar surface area (TPSA) is 101 Å². The van der Waals surface area contributed by atoms with E-state index in [1.165, 1.54) is 0 Å². The number of nitrogens with two attached hydrogens (primary N) is 1. The van der Waals surface area contributed by atoms with Crippen molar-refractivity contribution >= 4 is 17.4 Å². The number of thioether (sulfide) groups is 1. The number of rotatable bonds is 4. The third-order valence-corrected chi connectivity index (χ3v) is 5.67. The van der Waals surface area contributed by atoms with E-state index >= 15 is 0 Å². The molecule has 0 fully saturated rings. The van der Waals surface area contributed by atoms with Crippen molar-refractivity contribution in [2.75, 3.05) is 32.8 Å². The van der Waals surface area contributed by atoms with Crippen molar-refractivity contribution < 1.29 is 14.2 Å². The largest absolute Gasteiger partial charge is 0.496 e. The van der Waals surface area contributed by atoms with Gasteiger partial charge < -0.3 is 19.9 Å². The lowest BCUT2D eigenvalue weighted by Gasteiger charge is -2.25. The zero-order valence-electron chi connectivity index (χ0n) is 15.4. The fraction of sp³-hybridized carbons (Fsp3) is 0.300. The van der Waals surface area contributed by atoms with E-state index in [2.05, 4.69) is 12.1 Å². The Morgan fingerprint density at radius 1 is 0.926 bits per heavy atom. The van der Waals surface area contributed by atoms with Gasteiger partial charge in [0.15, 0.2) is 0 Å². The Balaban J connectivity index is 2.48. The van der Waals surface area contributed by atoms with Crippen molar-refractivity contribution in [1.29, 1.82) is 10.5 Å². The molecule has 0 unspecified atom stereocenters. The number of nitrogen functional groups attached to an aromatic ring is 1. The summed E-state index contributed by atoms with van der Waals surface area (Å²) in [6, 6.07) is 7.87. The van der Waals surface area contributed by atoms with E-state index < -0.39 is 0 Å². The fourth-order valence-corrected chi connectivity index (χ4v) is 4.45. The number of nitriles is 2. The van der Waals surface area contributed by atoms with Crippen LogP contribution in [0.15, 0.2) is 12.1 Å². The van der Waals surface area contributed by atoms with Gasteiger partial charge in [0.25, 0.3) is 0 Å². The molecule has 2 aromatic carbocycles. The van der Waals surface area contributed by atoms with E-state index in [4.69, 9.17) is 19.9 Å². The second-order valence-corrected chi connectivity index (χ2v) is 7.03. The normalized spacial score (nSPS) is 12.5. The first-order valence-electron chi connectivity index (χ1n) is 8.26. The van der Waals surface area contributed by atoms with Gasteiger partial charge in [0.1, 0.15) is 29.4 Å². The molecule has 1 aliphatic heterocycles. The average molecular weight is 381 g/mol. The molecule has 0 bridgehead atoms. The van der Waals surface area contributed by atoms with Crippen LogP contribution in [0.4, 0.5) is 5.69 Å². The lowest BCUT2D eigenvalue weighted by molar-refractivity contribution is 0.377. The molecule has 1 heterocycles. The van der Waals surface area contributed by atoms with Crippen molar-refractivity contribution in [2.45, 2.75) is 12.2 Å². The zero-order chi connectivity index (χ0) is 19.6. The summed E-state index contributed by atoms with van der Waals surface area (Å²) in [6.45, 7) is 0. The SMILES string of the molecule is COc1cc(OC)c(-c2c(C#N)c(N)c(C#N)c3c2CSCC3)c(OC)c1.